The van der Waals surface area contributed by atoms with Crippen molar-refractivity contribution in [2.45, 2.75) is 6.61 Å². The molecule has 0 aliphatic heterocycles. The lowest BCUT2D eigenvalue weighted by Gasteiger charge is -2.03. The van der Waals surface area contributed by atoms with Crippen LogP contribution in [0.15, 0.2) is 48.8 Å². The fourth-order valence-electron chi connectivity index (χ4n) is 1.83. The summed E-state index contributed by atoms with van der Waals surface area (Å²) in [6, 6.07) is 9.58. The van der Waals surface area contributed by atoms with E-state index < -0.39 is 4.92 Å². The van der Waals surface area contributed by atoms with Crippen LogP contribution in [0, 0.1) is 10.1 Å². The van der Waals surface area contributed by atoms with Crippen molar-refractivity contribution in [1.29, 1.82) is 0 Å². The fraction of sp³-hybridized carbons (Fsp3) is 0.0714. The van der Waals surface area contributed by atoms with Crippen molar-refractivity contribution in [1.82, 2.24) is 20.2 Å². The molecule has 0 aliphatic carbocycles. The highest BCUT2D eigenvalue weighted by molar-refractivity contribution is 5.52. The second-order valence-electron chi connectivity index (χ2n) is 4.38. The van der Waals surface area contributed by atoms with Crippen molar-refractivity contribution < 1.29 is 9.66 Å². The molecule has 0 aliphatic rings. The summed E-state index contributed by atoms with van der Waals surface area (Å²) in [6.07, 6.45) is 3.32. The number of H-pyrrole nitrogens is 1. The third-order valence-corrected chi connectivity index (χ3v) is 2.87. The maximum atomic E-state index is 10.7. The first kappa shape index (κ1) is 13.7. The van der Waals surface area contributed by atoms with Gasteiger partial charge in [-0.15, -0.1) is 0 Å². The van der Waals surface area contributed by atoms with Crippen LogP contribution >= 0.6 is 0 Å². The van der Waals surface area contributed by atoms with Gasteiger partial charge in [-0.1, -0.05) is 6.07 Å². The summed E-state index contributed by atoms with van der Waals surface area (Å²) < 4.78 is 5.48. The number of hydrogen-bond acceptors (Lipinski definition) is 6. The van der Waals surface area contributed by atoms with E-state index in [2.05, 4.69) is 20.2 Å². The van der Waals surface area contributed by atoms with Gasteiger partial charge in [-0.2, -0.15) is 5.10 Å². The van der Waals surface area contributed by atoms with Gasteiger partial charge in [0.1, 0.15) is 12.4 Å². The molecule has 8 nitrogen and oxygen atoms in total. The van der Waals surface area contributed by atoms with Crippen molar-refractivity contribution >= 4 is 5.69 Å². The maximum absolute atomic E-state index is 10.7. The molecule has 2 aromatic heterocycles. The van der Waals surface area contributed by atoms with E-state index >= 15 is 0 Å². The van der Waals surface area contributed by atoms with Crippen LogP contribution in [-0.4, -0.2) is 25.1 Å². The maximum Gasteiger partial charge on any atom is 0.273 e. The number of hydrogen-bond donors (Lipinski definition) is 1. The molecule has 0 radical (unpaired) electrons. The number of ether oxygens (including phenoxy) is 1. The molecular formula is C14H11N5O3. The summed E-state index contributed by atoms with van der Waals surface area (Å²) in [5.74, 6) is 1.47. The van der Waals surface area contributed by atoms with Gasteiger partial charge in [-0.25, -0.2) is 4.98 Å². The lowest BCUT2D eigenvalue weighted by molar-refractivity contribution is -0.384. The Morgan fingerprint density at radius 3 is 2.82 bits per heavy atom. The van der Waals surface area contributed by atoms with Crippen LogP contribution in [0.1, 0.15) is 5.82 Å². The molecule has 22 heavy (non-hydrogen) atoms. The molecule has 0 bridgehead atoms. The average molecular weight is 297 g/mol. The molecular weight excluding hydrogens is 286 g/mol. The number of pyridine rings is 1. The Kier molecular flexibility index (Phi) is 3.73. The number of rotatable bonds is 5. The molecule has 2 heterocycles. The summed E-state index contributed by atoms with van der Waals surface area (Å²) in [6.45, 7) is 0.138. The van der Waals surface area contributed by atoms with Gasteiger partial charge in [0.05, 0.1) is 11.0 Å². The van der Waals surface area contributed by atoms with Gasteiger partial charge < -0.3 is 4.74 Å². The van der Waals surface area contributed by atoms with Crippen LogP contribution in [0.2, 0.25) is 0 Å². The second kappa shape index (κ2) is 6.00. The standard InChI is InChI=1S/C14H11N5O3/c20-19(21)11-2-1-3-12(8-11)22-9-13-16-14(18-17-13)10-4-6-15-7-5-10/h1-8H,9H2,(H,16,17,18). The van der Waals surface area contributed by atoms with Gasteiger partial charge >= 0.3 is 0 Å². The Bertz CT molecular complexity index is 788. The smallest absolute Gasteiger partial charge is 0.273 e. The van der Waals surface area contributed by atoms with Crippen molar-refractivity contribution in [2.24, 2.45) is 0 Å². The highest BCUT2D eigenvalue weighted by Gasteiger charge is 2.09. The van der Waals surface area contributed by atoms with Gasteiger partial charge in [0.25, 0.3) is 5.69 Å². The monoisotopic (exact) mass is 297 g/mol. The van der Waals surface area contributed by atoms with Gasteiger partial charge in [0, 0.05) is 24.0 Å². The molecule has 1 aromatic carbocycles. The van der Waals surface area contributed by atoms with Crippen LogP contribution in [0.4, 0.5) is 5.69 Å². The number of nitro benzene ring substituents is 1. The second-order valence-corrected chi connectivity index (χ2v) is 4.38. The van der Waals surface area contributed by atoms with E-state index in [1.807, 2.05) is 0 Å². The first-order valence-electron chi connectivity index (χ1n) is 6.41. The van der Waals surface area contributed by atoms with E-state index in [0.29, 0.717) is 17.4 Å². The molecule has 1 N–H and O–H groups in total. The van der Waals surface area contributed by atoms with Crippen LogP contribution in [0.25, 0.3) is 11.4 Å². The summed E-state index contributed by atoms with van der Waals surface area (Å²) in [7, 11) is 0. The van der Waals surface area contributed by atoms with E-state index in [0.717, 1.165) is 5.56 Å². The quantitative estimate of drug-likeness (QED) is 0.572. The molecule has 0 saturated heterocycles. The van der Waals surface area contributed by atoms with Crippen molar-refractivity contribution in [2.75, 3.05) is 0 Å². The Labute approximate surface area is 125 Å². The van der Waals surface area contributed by atoms with Gasteiger partial charge in [-0.05, 0) is 18.2 Å². The van der Waals surface area contributed by atoms with E-state index in [4.69, 9.17) is 4.74 Å². The highest BCUT2D eigenvalue weighted by atomic mass is 16.6. The number of nitrogens with one attached hydrogen (secondary N) is 1. The van der Waals surface area contributed by atoms with Gasteiger partial charge in [0.15, 0.2) is 11.6 Å². The number of nitrogens with zero attached hydrogens (tertiary/aromatic N) is 4. The van der Waals surface area contributed by atoms with Crippen LogP contribution in [-0.2, 0) is 6.61 Å². The molecule has 110 valence electrons. The third kappa shape index (κ3) is 3.06. The minimum atomic E-state index is -0.469. The van der Waals surface area contributed by atoms with E-state index in [-0.39, 0.29) is 12.3 Å². The Morgan fingerprint density at radius 1 is 1.23 bits per heavy atom. The number of aromatic nitrogens is 4. The predicted octanol–water partition coefficient (Wildman–Crippen LogP) is 2.35. The Balaban J connectivity index is 1.69. The zero-order chi connectivity index (χ0) is 15.4. The van der Waals surface area contributed by atoms with Crippen molar-refractivity contribution in [3.63, 3.8) is 0 Å². The summed E-state index contributed by atoms with van der Waals surface area (Å²) >= 11 is 0. The first-order chi connectivity index (χ1) is 10.7. The minimum absolute atomic E-state index is 0.0208. The van der Waals surface area contributed by atoms with Crippen LogP contribution in [0.3, 0.4) is 0 Å². The Hall–Kier alpha value is -3.29. The van der Waals surface area contributed by atoms with Crippen molar-refractivity contribution in [3.05, 3.63) is 64.7 Å². The molecule has 0 fully saturated rings. The Morgan fingerprint density at radius 2 is 2.05 bits per heavy atom. The number of benzene rings is 1. The van der Waals surface area contributed by atoms with Gasteiger partial charge in [-0.3, -0.25) is 20.2 Å². The molecule has 0 saturated carbocycles. The molecule has 3 aromatic rings. The zero-order valence-corrected chi connectivity index (χ0v) is 11.3. The molecule has 8 heteroatoms. The average Bonchev–Trinajstić information content (AvgIpc) is 3.03. The third-order valence-electron chi connectivity index (χ3n) is 2.87. The molecule has 0 spiro atoms. The fourth-order valence-corrected chi connectivity index (χ4v) is 1.83. The summed E-state index contributed by atoms with van der Waals surface area (Å²) in [5.41, 5.74) is 0.820. The van der Waals surface area contributed by atoms with Crippen LogP contribution < -0.4 is 4.74 Å². The van der Waals surface area contributed by atoms with Crippen molar-refractivity contribution in [3.8, 4) is 17.1 Å². The number of aromatic amines is 1. The van der Waals surface area contributed by atoms with E-state index in [1.54, 1.807) is 36.7 Å². The SMILES string of the molecule is O=[N+]([O-])c1cccc(OCc2nc(-c3ccncc3)n[nH]2)c1. The minimum Gasteiger partial charge on any atom is -0.485 e. The summed E-state index contributed by atoms with van der Waals surface area (Å²) in [4.78, 5) is 18.5. The summed E-state index contributed by atoms with van der Waals surface area (Å²) in [5, 5.41) is 17.6. The molecule has 3 rings (SSSR count). The number of nitro groups is 1. The van der Waals surface area contributed by atoms with E-state index in [1.165, 1.54) is 12.1 Å². The van der Waals surface area contributed by atoms with E-state index in [9.17, 15) is 10.1 Å². The predicted molar refractivity (Wildman–Crippen MR) is 77.0 cm³/mol. The molecule has 0 atom stereocenters. The first-order valence-corrected chi connectivity index (χ1v) is 6.41. The normalized spacial score (nSPS) is 10.4. The largest absolute Gasteiger partial charge is 0.485 e. The lowest BCUT2D eigenvalue weighted by Crippen LogP contribution is -1.98. The highest BCUT2D eigenvalue weighted by Crippen LogP contribution is 2.20. The molecule has 0 unspecified atom stereocenters. The zero-order valence-electron chi connectivity index (χ0n) is 11.3. The van der Waals surface area contributed by atoms with Gasteiger partial charge in [0.2, 0.25) is 0 Å². The molecule has 0 amide bonds. The topological polar surface area (TPSA) is 107 Å². The lowest BCUT2D eigenvalue weighted by atomic mass is 10.2. The number of non-ortho nitro benzene ring substituents is 1. The van der Waals surface area contributed by atoms with Crippen LogP contribution in [0.5, 0.6) is 5.75 Å².